The number of benzene rings is 1. The average Bonchev–Trinajstić information content (AvgIpc) is 3.70. The SMILES string of the molecule is C=CCN(Cn1nnc2ccccc21)C(=O)C1N([C@@H](CO)[C@@H](C)CC)C(=O)[C@@H]2[C@@H](C(=O)N(CC=C)CCC)[C@]3(C)OC12CC3C. The second-order valence-electron chi connectivity index (χ2n) is 13.2. The number of fused-ring (bicyclic) bond motifs is 2. The highest BCUT2D eigenvalue weighted by atomic mass is 16.5. The summed E-state index contributed by atoms with van der Waals surface area (Å²) in [6.07, 6.45) is 5.23. The van der Waals surface area contributed by atoms with Gasteiger partial charge in [0.05, 0.1) is 35.6 Å². The summed E-state index contributed by atoms with van der Waals surface area (Å²) in [5.74, 6) is -2.62. The van der Waals surface area contributed by atoms with Gasteiger partial charge in [0.25, 0.3) is 0 Å². The van der Waals surface area contributed by atoms with Gasteiger partial charge in [0.2, 0.25) is 17.7 Å². The number of carbonyl (C=O) groups excluding carboxylic acids is 3. The fourth-order valence-electron chi connectivity index (χ4n) is 8.15. The molecule has 1 aromatic heterocycles. The largest absolute Gasteiger partial charge is 0.394 e. The molecule has 45 heavy (non-hydrogen) atoms. The maximum atomic E-state index is 15.0. The van der Waals surface area contributed by atoms with E-state index in [9.17, 15) is 19.5 Å². The molecule has 0 radical (unpaired) electrons. The van der Waals surface area contributed by atoms with Crippen molar-refractivity contribution in [1.29, 1.82) is 0 Å². The van der Waals surface area contributed by atoms with Gasteiger partial charge in [-0.3, -0.25) is 14.4 Å². The molecule has 3 fully saturated rings. The number of para-hydroxylation sites is 1. The third-order valence-electron chi connectivity index (χ3n) is 10.6. The van der Waals surface area contributed by atoms with Crippen molar-refractivity contribution in [3.05, 3.63) is 49.6 Å². The van der Waals surface area contributed by atoms with Crippen molar-refractivity contribution in [2.45, 2.75) is 83.8 Å². The van der Waals surface area contributed by atoms with E-state index in [-0.39, 0.29) is 49.4 Å². The van der Waals surface area contributed by atoms with Crippen LogP contribution >= 0.6 is 0 Å². The van der Waals surface area contributed by atoms with Crippen molar-refractivity contribution in [3.63, 3.8) is 0 Å². The van der Waals surface area contributed by atoms with E-state index in [1.807, 2.05) is 58.9 Å². The number of aliphatic hydroxyl groups excluding tert-OH is 1. The maximum absolute atomic E-state index is 15.0. The first kappa shape index (κ1) is 32.8. The number of hydrogen-bond acceptors (Lipinski definition) is 7. The van der Waals surface area contributed by atoms with Gasteiger partial charge in [-0.2, -0.15) is 0 Å². The number of carbonyl (C=O) groups is 3. The normalized spacial score (nSPS) is 29.9. The second-order valence-corrected chi connectivity index (χ2v) is 13.2. The predicted octanol–water partition coefficient (Wildman–Crippen LogP) is 3.25. The van der Waals surface area contributed by atoms with E-state index in [0.717, 1.165) is 11.9 Å². The van der Waals surface area contributed by atoms with E-state index < -0.39 is 35.1 Å². The van der Waals surface area contributed by atoms with Crippen LogP contribution in [0.5, 0.6) is 0 Å². The minimum Gasteiger partial charge on any atom is -0.394 e. The first-order chi connectivity index (χ1) is 21.5. The van der Waals surface area contributed by atoms with Crippen LogP contribution in [0.4, 0.5) is 0 Å². The van der Waals surface area contributed by atoms with Crippen molar-refractivity contribution in [1.82, 2.24) is 29.7 Å². The van der Waals surface area contributed by atoms with Crippen LogP contribution in [0.3, 0.4) is 0 Å². The highest BCUT2D eigenvalue weighted by molar-refractivity contribution is 5.99. The molecule has 3 saturated heterocycles. The van der Waals surface area contributed by atoms with Crippen molar-refractivity contribution >= 4 is 28.8 Å². The monoisotopic (exact) mass is 620 g/mol. The van der Waals surface area contributed by atoms with Gasteiger partial charge in [-0.25, -0.2) is 4.68 Å². The van der Waals surface area contributed by atoms with Gasteiger partial charge in [-0.1, -0.05) is 63.6 Å². The third-order valence-corrected chi connectivity index (χ3v) is 10.6. The van der Waals surface area contributed by atoms with E-state index in [1.165, 1.54) is 0 Å². The number of rotatable bonds is 14. The van der Waals surface area contributed by atoms with Crippen LogP contribution in [0.15, 0.2) is 49.6 Å². The molecule has 2 bridgehead atoms. The van der Waals surface area contributed by atoms with Gasteiger partial charge in [-0.15, -0.1) is 18.3 Å². The lowest BCUT2D eigenvalue weighted by atomic mass is 9.62. The summed E-state index contributed by atoms with van der Waals surface area (Å²) in [6, 6.07) is 5.84. The molecular formula is C34H48N6O5. The fraction of sp³-hybridized carbons (Fsp3) is 0.618. The molecule has 3 unspecified atom stereocenters. The number of likely N-dealkylation sites (tertiary alicyclic amines) is 1. The number of nitrogens with zero attached hydrogens (tertiary/aromatic N) is 6. The minimum absolute atomic E-state index is 0.0799. The summed E-state index contributed by atoms with van der Waals surface area (Å²) >= 11 is 0. The first-order valence-corrected chi connectivity index (χ1v) is 16.2. The Labute approximate surface area is 265 Å². The molecule has 3 aliphatic heterocycles. The number of aliphatic hydroxyl groups is 1. The maximum Gasteiger partial charge on any atom is 0.250 e. The summed E-state index contributed by atoms with van der Waals surface area (Å²) in [7, 11) is 0. The van der Waals surface area contributed by atoms with Crippen molar-refractivity contribution in [2.24, 2.45) is 23.7 Å². The minimum atomic E-state index is -1.24. The number of aromatic nitrogens is 3. The van der Waals surface area contributed by atoms with E-state index in [4.69, 9.17) is 4.74 Å². The molecule has 0 aliphatic carbocycles. The lowest BCUT2D eigenvalue weighted by Crippen LogP contribution is -2.60. The molecule has 3 aliphatic rings. The van der Waals surface area contributed by atoms with Crippen LogP contribution in [0.25, 0.3) is 11.0 Å². The summed E-state index contributed by atoms with van der Waals surface area (Å²) in [5.41, 5.74) is -0.704. The molecule has 0 saturated carbocycles. The molecule has 5 rings (SSSR count). The molecule has 2 aromatic rings. The Hall–Kier alpha value is -3.57. The highest BCUT2D eigenvalue weighted by Crippen LogP contribution is 2.66. The van der Waals surface area contributed by atoms with Crippen molar-refractivity contribution < 1.29 is 24.2 Å². The van der Waals surface area contributed by atoms with E-state index in [0.29, 0.717) is 31.4 Å². The van der Waals surface area contributed by atoms with E-state index in [1.54, 1.807) is 31.5 Å². The molecule has 1 N–H and O–H groups in total. The van der Waals surface area contributed by atoms with Crippen molar-refractivity contribution in [3.8, 4) is 0 Å². The molecule has 11 nitrogen and oxygen atoms in total. The van der Waals surface area contributed by atoms with Gasteiger partial charge in [0, 0.05) is 19.6 Å². The van der Waals surface area contributed by atoms with Crippen LogP contribution in [0.2, 0.25) is 0 Å². The van der Waals surface area contributed by atoms with Gasteiger partial charge in [0.15, 0.2) is 0 Å². The van der Waals surface area contributed by atoms with Gasteiger partial charge < -0.3 is 24.5 Å². The Bertz CT molecular complexity index is 1460. The smallest absolute Gasteiger partial charge is 0.250 e. The molecule has 3 amide bonds. The van der Waals surface area contributed by atoms with Crippen LogP contribution in [-0.4, -0.2) is 102 Å². The summed E-state index contributed by atoms with van der Waals surface area (Å²) in [6.45, 7) is 18.5. The molecule has 4 heterocycles. The van der Waals surface area contributed by atoms with Gasteiger partial charge >= 0.3 is 0 Å². The van der Waals surface area contributed by atoms with E-state index in [2.05, 4.69) is 23.5 Å². The van der Waals surface area contributed by atoms with Gasteiger partial charge in [0.1, 0.15) is 23.8 Å². The fourth-order valence-corrected chi connectivity index (χ4v) is 8.15. The molecule has 244 valence electrons. The topological polar surface area (TPSA) is 121 Å². The summed E-state index contributed by atoms with van der Waals surface area (Å²) in [5, 5.41) is 19.3. The second kappa shape index (κ2) is 12.7. The molecule has 1 aromatic carbocycles. The molecule has 11 heteroatoms. The Morgan fingerprint density at radius 2 is 1.87 bits per heavy atom. The number of ether oxygens (including phenoxy) is 1. The predicted molar refractivity (Wildman–Crippen MR) is 170 cm³/mol. The molecular weight excluding hydrogens is 572 g/mol. The Kier molecular flexibility index (Phi) is 9.24. The van der Waals surface area contributed by atoms with Crippen LogP contribution in [-0.2, 0) is 25.8 Å². The van der Waals surface area contributed by atoms with Crippen LogP contribution in [0.1, 0.15) is 53.9 Å². The van der Waals surface area contributed by atoms with E-state index >= 15 is 0 Å². The third kappa shape index (κ3) is 5.08. The summed E-state index contributed by atoms with van der Waals surface area (Å²) in [4.78, 5) is 49.1. The summed E-state index contributed by atoms with van der Waals surface area (Å²) < 4.78 is 8.63. The molecule has 1 spiro atoms. The number of amides is 3. The van der Waals surface area contributed by atoms with Crippen molar-refractivity contribution in [2.75, 3.05) is 26.2 Å². The Morgan fingerprint density at radius 3 is 2.51 bits per heavy atom. The lowest BCUT2D eigenvalue weighted by molar-refractivity contribution is -0.159. The highest BCUT2D eigenvalue weighted by Gasteiger charge is 2.80. The Morgan fingerprint density at radius 1 is 1.18 bits per heavy atom. The zero-order chi connectivity index (χ0) is 32.7. The molecule has 8 atom stereocenters. The standard InChI is InChI=1S/C34H48N6O5/c1-8-16-37(17-9-2)30(42)27-28-31(43)40(26(20-41)22(5)11-4)29(34(28)19-23(6)33(27,7)45-34)32(44)38(18-10-3)21-39-25-15-13-12-14-24(25)35-36-39/h8,10,12-15,22-23,26-29,41H,1,3,9,11,16-21H2,2,4-7H3/t22-,23?,26-,27-,28-,29?,33+,34?/m0/s1. The van der Waals surface area contributed by atoms with Gasteiger partial charge in [-0.05, 0) is 43.7 Å². The quantitative estimate of drug-likeness (QED) is 0.322. The Balaban J connectivity index is 1.63. The zero-order valence-electron chi connectivity index (χ0n) is 27.3. The first-order valence-electron chi connectivity index (χ1n) is 16.2. The lowest BCUT2D eigenvalue weighted by Gasteiger charge is -2.41. The number of hydrogen-bond donors (Lipinski definition) is 1. The van der Waals surface area contributed by atoms with Crippen LogP contribution < -0.4 is 0 Å². The zero-order valence-corrected chi connectivity index (χ0v) is 27.3. The average molecular weight is 621 g/mol. The van der Waals surface area contributed by atoms with Crippen LogP contribution in [0, 0.1) is 23.7 Å².